The van der Waals surface area contributed by atoms with Gasteiger partial charge in [0.05, 0.1) is 0 Å². The molecule has 2 bridgehead atoms. The Balaban J connectivity index is 1.67. The van der Waals surface area contributed by atoms with E-state index in [4.69, 9.17) is 4.74 Å². The van der Waals surface area contributed by atoms with Gasteiger partial charge in [-0.1, -0.05) is 12.1 Å². The minimum atomic E-state index is 0.380. The lowest BCUT2D eigenvalue weighted by Gasteiger charge is -2.29. The van der Waals surface area contributed by atoms with E-state index in [1.165, 1.54) is 24.4 Å². The molecule has 0 spiro atoms. The second kappa shape index (κ2) is 4.10. The van der Waals surface area contributed by atoms with E-state index in [0.717, 1.165) is 18.6 Å². The molecule has 2 heterocycles. The summed E-state index contributed by atoms with van der Waals surface area (Å²) in [4.78, 5) is 0. The Hall–Kier alpha value is -1.02. The van der Waals surface area contributed by atoms with Crippen LogP contribution in [0.2, 0.25) is 0 Å². The van der Waals surface area contributed by atoms with E-state index in [0.29, 0.717) is 12.1 Å². The first kappa shape index (κ1) is 10.2. The van der Waals surface area contributed by atoms with Crippen molar-refractivity contribution in [2.75, 3.05) is 0 Å². The normalized spacial score (nSPS) is 29.3. The zero-order valence-corrected chi connectivity index (χ0v) is 9.70. The first-order valence-electron chi connectivity index (χ1n) is 6.14. The van der Waals surface area contributed by atoms with E-state index < -0.39 is 0 Å². The third kappa shape index (κ3) is 2.07. The van der Waals surface area contributed by atoms with E-state index in [-0.39, 0.29) is 0 Å². The first-order valence-corrected chi connectivity index (χ1v) is 6.14. The van der Waals surface area contributed by atoms with E-state index in [2.05, 4.69) is 36.5 Å². The highest BCUT2D eigenvalue weighted by Gasteiger charge is 2.34. The first-order chi connectivity index (χ1) is 7.79. The highest BCUT2D eigenvalue weighted by molar-refractivity contribution is 5.28. The summed E-state index contributed by atoms with van der Waals surface area (Å²) in [5, 5.41) is 3.55. The van der Waals surface area contributed by atoms with Crippen molar-refractivity contribution in [1.29, 1.82) is 0 Å². The van der Waals surface area contributed by atoms with Crippen LogP contribution >= 0.6 is 0 Å². The maximum absolute atomic E-state index is 6.06. The molecule has 85 valence electrons. The molecule has 2 aliphatic heterocycles. The largest absolute Gasteiger partial charge is 0.490 e. The van der Waals surface area contributed by atoms with Gasteiger partial charge in [-0.15, -0.1) is 0 Å². The lowest BCUT2D eigenvalue weighted by atomic mass is 10.0. The molecule has 2 unspecified atom stereocenters. The molecule has 2 nitrogen and oxygen atoms in total. The van der Waals surface area contributed by atoms with Crippen molar-refractivity contribution in [3.05, 3.63) is 35.9 Å². The predicted molar refractivity (Wildman–Crippen MR) is 64.2 cm³/mol. The second-order valence-electron chi connectivity index (χ2n) is 4.98. The predicted octanol–water partition coefficient (Wildman–Crippen LogP) is 2.82. The molecule has 0 aliphatic carbocycles. The van der Waals surface area contributed by atoms with Crippen LogP contribution in [0.3, 0.4) is 0 Å². The van der Waals surface area contributed by atoms with E-state index in [1.807, 2.05) is 0 Å². The number of fused-ring (bicyclic) bond motifs is 2. The number of rotatable bonds is 2. The molecule has 2 saturated heterocycles. The van der Waals surface area contributed by atoms with Gasteiger partial charge in [-0.05, 0) is 43.9 Å². The summed E-state index contributed by atoms with van der Waals surface area (Å²) in [6, 6.07) is 10.5. The molecule has 0 amide bonds. The van der Waals surface area contributed by atoms with Crippen LogP contribution in [-0.4, -0.2) is 12.1 Å². The Morgan fingerprint density at radius 2 is 2.31 bits per heavy atom. The van der Waals surface area contributed by atoms with Crippen LogP contribution in [0.5, 0.6) is 5.75 Å². The number of hydrogen-bond donors (Lipinski definition) is 1. The van der Waals surface area contributed by atoms with Gasteiger partial charge >= 0.3 is 0 Å². The Morgan fingerprint density at radius 1 is 1.38 bits per heavy atom. The van der Waals surface area contributed by atoms with Crippen LogP contribution in [0.15, 0.2) is 24.3 Å². The molecule has 0 saturated carbocycles. The van der Waals surface area contributed by atoms with Crippen LogP contribution in [0.25, 0.3) is 0 Å². The Labute approximate surface area is 97.0 Å². The second-order valence-corrected chi connectivity index (χ2v) is 4.98. The molecule has 2 atom stereocenters. The van der Waals surface area contributed by atoms with Gasteiger partial charge in [0.1, 0.15) is 11.9 Å². The maximum Gasteiger partial charge on any atom is 0.119 e. The fourth-order valence-corrected chi connectivity index (χ4v) is 2.77. The van der Waals surface area contributed by atoms with Gasteiger partial charge in [-0.2, -0.15) is 0 Å². The molecule has 2 heteroatoms. The Kier molecular flexibility index (Phi) is 2.60. The van der Waals surface area contributed by atoms with Crippen LogP contribution < -0.4 is 10.1 Å². The Bertz CT molecular complexity index is 365. The van der Waals surface area contributed by atoms with Gasteiger partial charge in [-0.3, -0.25) is 0 Å². The van der Waals surface area contributed by atoms with Gasteiger partial charge in [0.2, 0.25) is 0 Å². The highest BCUT2D eigenvalue weighted by atomic mass is 16.5. The summed E-state index contributed by atoms with van der Waals surface area (Å²) in [5.74, 6) is 1.02. The summed E-state index contributed by atoms with van der Waals surface area (Å²) in [5.41, 5.74) is 1.27. The molecular formula is C14H18NO. The summed E-state index contributed by atoms with van der Waals surface area (Å²) in [6.07, 6.45) is 5.16. The van der Waals surface area contributed by atoms with Crippen LogP contribution in [0, 0.1) is 13.0 Å². The average Bonchev–Trinajstić information content (AvgIpc) is 2.58. The molecule has 3 rings (SSSR count). The SMILES string of the molecule is Cc1cccc(OC2C[C]3CCC(C2)N3)c1. The molecule has 1 radical (unpaired) electrons. The summed E-state index contributed by atoms with van der Waals surface area (Å²) in [7, 11) is 0. The van der Waals surface area contributed by atoms with Crippen molar-refractivity contribution in [3.63, 3.8) is 0 Å². The molecule has 1 aromatic rings. The third-order valence-electron chi connectivity index (χ3n) is 3.52. The minimum Gasteiger partial charge on any atom is -0.490 e. The third-order valence-corrected chi connectivity index (χ3v) is 3.52. The van der Waals surface area contributed by atoms with Crippen molar-refractivity contribution in [2.45, 2.75) is 44.8 Å². The molecule has 1 N–H and O–H groups in total. The molecule has 0 aromatic heterocycles. The van der Waals surface area contributed by atoms with E-state index >= 15 is 0 Å². The fraction of sp³-hybridized carbons (Fsp3) is 0.500. The van der Waals surface area contributed by atoms with E-state index in [9.17, 15) is 0 Å². The van der Waals surface area contributed by atoms with Crippen molar-refractivity contribution in [1.82, 2.24) is 5.32 Å². The zero-order chi connectivity index (χ0) is 11.0. The van der Waals surface area contributed by atoms with Gasteiger partial charge in [0.15, 0.2) is 0 Å². The number of ether oxygens (including phenoxy) is 1. The zero-order valence-electron chi connectivity index (χ0n) is 9.70. The smallest absolute Gasteiger partial charge is 0.119 e. The average molecular weight is 216 g/mol. The molecular weight excluding hydrogens is 198 g/mol. The van der Waals surface area contributed by atoms with E-state index in [1.54, 1.807) is 0 Å². The lowest BCUT2D eigenvalue weighted by Crippen LogP contribution is -2.38. The highest BCUT2D eigenvalue weighted by Crippen LogP contribution is 2.33. The van der Waals surface area contributed by atoms with Crippen molar-refractivity contribution in [3.8, 4) is 5.75 Å². The van der Waals surface area contributed by atoms with Crippen molar-refractivity contribution < 1.29 is 4.74 Å². The van der Waals surface area contributed by atoms with Gasteiger partial charge in [0, 0.05) is 18.5 Å². The summed E-state index contributed by atoms with van der Waals surface area (Å²) >= 11 is 0. The van der Waals surface area contributed by atoms with Crippen LogP contribution in [-0.2, 0) is 0 Å². The number of benzene rings is 1. The molecule has 2 aliphatic rings. The van der Waals surface area contributed by atoms with Crippen molar-refractivity contribution >= 4 is 0 Å². The minimum absolute atomic E-state index is 0.380. The van der Waals surface area contributed by atoms with Crippen molar-refractivity contribution in [2.24, 2.45) is 0 Å². The maximum atomic E-state index is 6.06. The van der Waals surface area contributed by atoms with Gasteiger partial charge < -0.3 is 10.1 Å². The topological polar surface area (TPSA) is 21.3 Å². The molecule has 2 fully saturated rings. The lowest BCUT2D eigenvalue weighted by molar-refractivity contribution is 0.155. The number of hydrogen-bond acceptors (Lipinski definition) is 2. The molecule has 1 aromatic carbocycles. The monoisotopic (exact) mass is 216 g/mol. The number of aryl methyl sites for hydroxylation is 1. The number of piperidine rings is 1. The standard InChI is InChI=1S/C14H18NO/c1-10-3-2-4-13(7-10)16-14-8-11-5-6-12(9-14)15-11/h2-4,7,11,14-15H,5-6,8-9H2,1H3. The van der Waals surface area contributed by atoms with Crippen LogP contribution in [0.1, 0.15) is 31.2 Å². The quantitative estimate of drug-likeness (QED) is 0.820. The fourth-order valence-electron chi connectivity index (χ4n) is 2.77. The summed E-state index contributed by atoms with van der Waals surface area (Å²) in [6.45, 7) is 2.10. The molecule has 16 heavy (non-hydrogen) atoms. The Morgan fingerprint density at radius 3 is 3.12 bits per heavy atom. The van der Waals surface area contributed by atoms with Gasteiger partial charge in [0.25, 0.3) is 0 Å². The van der Waals surface area contributed by atoms with Crippen LogP contribution in [0.4, 0.5) is 0 Å². The number of nitrogens with one attached hydrogen (secondary N) is 1. The summed E-state index contributed by atoms with van der Waals surface area (Å²) < 4.78 is 6.06. The van der Waals surface area contributed by atoms with Gasteiger partial charge in [-0.25, -0.2) is 0 Å².